The minimum Gasteiger partial charge on any atom is -0.0955 e. The van der Waals surface area contributed by atoms with Crippen LogP contribution in [0.1, 0.15) is 6.42 Å². The van der Waals surface area contributed by atoms with E-state index in [1.165, 1.54) is 39.0 Å². The standard InChI is InChI=1S/C22H18/c1-13-9-11-15-5-3-7-17-18-8-4-6-16-12-10-14(2)20(22(16)18)19(13)21(15)17/h3-7,9-12,19-21H,1-2,8H2. The lowest BCUT2D eigenvalue weighted by atomic mass is 9.55. The van der Waals surface area contributed by atoms with Crippen molar-refractivity contribution < 1.29 is 0 Å². The zero-order valence-electron chi connectivity index (χ0n) is 12.5. The van der Waals surface area contributed by atoms with Gasteiger partial charge in [-0.05, 0) is 39.9 Å². The van der Waals surface area contributed by atoms with Gasteiger partial charge in [-0.2, -0.15) is 0 Å². The van der Waals surface area contributed by atoms with E-state index in [2.05, 4.69) is 67.8 Å². The Morgan fingerprint density at radius 3 is 2.64 bits per heavy atom. The van der Waals surface area contributed by atoms with Gasteiger partial charge < -0.3 is 0 Å². The Labute approximate surface area is 131 Å². The summed E-state index contributed by atoms with van der Waals surface area (Å²) in [5, 5.41) is 0. The maximum absolute atomic E-state index is 4.38. The summed E-state index contributed by atoms with van der Waals surface area (Å²) < 4.78 is 0. The molecule has 22 heavy (non-hydrogen) atoms. The number of hydrogen-bond donors (Lipinski definition) is 0. The number of rotatable bonds is 0. The summed E-state index contributed by atoms with van der Waals surface area (Å²) in [6.07, 6.45) is 21.3. The van der Waals surface area contributed by atoms with Crippen LogP contribution in [0, 0.1) is 17.8 Å². The van der Waals surface area contributed by atoms with Crippen LogP contribution in [0.4, 0.5) is 0 Å². The molecular formula is C22H18. The summed E-state index contributed by atoms with van der Waals surface area (Å²) in [4.78, 5) is 0. The van der Waals surface area contributed by atoms with Gasteiger partial charge in [0.2, 0.25) is 0 Å². The van der Waals surface area contributed by atoms with Gasteiger partial charge in [0.1, 0.15) is 0 Å². The third kappa shape index (κ3) is 1.38. The predicted octanol–water partition coefficient (Wildman–Crippen LogP) is 5.15. The van der Waals surface area contributed by atoms with Gasteiger partial charge in [-0.3, -0.25) is 0 Å². The molecule has 0 bridgehead atoms. The SMILES string of the molecule is C=C1C=CC2=C3C(=C4C=CC=C5C=CC(=C)C(C54)C13)CC=C2. The Morgan fingerprint density at radius 1 is 0.864 bits per heavy atom. The fourth-order valence-corrected chi connectivity index (χ4v) is 4.79. The molecule has 0 amide bonds. The van der Waals surface area contributed by atoms with Crippen LogP contribution < -0.4 is 0 Å². The fraction of sp³-hybridized carbons (Fsp3) is 0.182. The molecule has 0 saturated heterocycles. The highest BCUT2D eigenvalue weighted by atomic mass is 14.5. The van der Waals surface area contributed by atoms with Gasteiger partial charge in [0.15, 0.2) is 0 Å². The molecule has 0 spiro atoms. The normalized spacial score (nSPS) is 34.0. The quantitative estimate of drug-likeness (QED) is 0.576. The van der Waals surface area contributed by atoms with E-state index in [-0.39, 0.29) is 0 Å². The van der Waals surface area contributed by atoms with Crippen LogP contribution in [0.5, 0.6) is 0 Å². The summed E-state index contributed by atoms with van der Waals surface area (Å²) in [6.45, 7) is 8.75. The predicted molar refractivity (Wildman–Crippen MR) is 92.1 cm³/mol. The smallest absolute Gasteiger partial charge is 0.0170 e. The minimum absolute atomic E-state index is 0.390. The van der Waals surface area contributed by atoms with Crippen molar-refractivity contribution in [3.8, 4) is 0 Å². The summed E-state index contributed by atoms with van der Waals surface area (Å²) >= 11 is 0. The summed E-state index contributed by atoms with van der Waals surface area (Å²) in [7, 11) is 0. The first kappa shape index (κ1) is 12.2. The van der Waals surface area contributed by atoms with Crippen molar-refractivity contribution in [2.75, 3.05) is 0 Å². The largest absolute Gasteiger partial charge is 0.0955 e. The van der Waals surface area contributed by atoms with Crippen LogP contribution in [0.2, 0.25) is 0 Å². The molecule has 106 valence electrons. The van der Waals surface area contributed by atoms with Gasteiger partial charge in [0.25, 0.3) is 0 Å². The Hall–Kier alpha value is -2.34. The van der Waals surface area contributed by atoms with Crippen LogP contribution in [-0.2, 0) is 0 Å². The van der Waals surface area contributed by atoms with E-state index in [9.17, 15) is 0 Å². The van der Waals surface area contributed by atoms with E-state index in [1.54, 1.807) is 0 Å². The molecule has 0 aromatic rings. The van der Waals surface area contributed by atoms with Crippen LogP contribution in [-0.4, -0.2) is 0 Å². The molecule has 0 N–H and O–H groups in total. The highest BCUT2D eigenvalue weighted by Crippen LogP contribution is 2.57. The van der Waals surface area contributed by atoms with Gasteiger partial charge in [-0.1, -0.05) is 73.4 Å². The van der Waals surface area contributed by atoms with Crippen molar-refractivity contribution in [1.82, 2.24) is 0 Å². The van der Waals surface area contributed by atoms with Gasteiger partial charge in [-0.25, -0.2) is 0 Å². The number of fused-ring (bicyclic) bond motifs is 1. The first-order valence-corrected chi connectivity index (χ1v) is 8.02. The average Bonchev–Trinajstić information content (AvgIpc) is 2.55. The van der Waals surface area contributed by atoms with Crippen LogP contribution in [0.25, 0.3) is 0 Å². The van der Waals surface area contributed by atoms with E-state index in [4.69, 9.17) is 0 Å². The topological polar surface area (TPSA) is 0 Å². The van der Waals surface area contributed by atoms with E-state index < -0.39 is 0 Å². The molecule has 0 aliphatic heterocycles. The molecule has 0 nitrogen and oxygen atoms in total. The monoisotopic (exact) mass is 282 g/mol. The van der Waals surface area contributed by atoms with Crippen molar-refractivity contribution in [2.45, 2.75) is 6.42 Å². The Balaban J connectivity index is 1.87. The molecule has 5 aliphatic rings. The van der Waals surface area contributed by atoms with Crippen molar-refractivity contribution in [3.63, 3.8) is 0 Å². The van der Waals surface area contributed by atoms with E-state index in [1.807, 2.05) is 0 Å². The first-order valence-electron chi connectivity index (χ1n) is 8.02. The molecule has 0 heteroatoms. The lowest BCUT2D eigenvalue weighted by Gasteiger charge is -2.48. The maximum atomic E-state index is 4.38. The molecule has 5 rings (SSSR count). The second kappa shape index (κ2) is 4.10. The molecule has 5 aliphatic carbocycles. The third-order valence-electron chi connectivity index (χ3n) is 5.69. The van der Waals surface area contributed by atoms with Crippen LogP contribution >= 0.6 is 0 Å². The zero-order chi connectivity index (χ0) is 14.8. The fourth-order valence-electron chi connectivity index (χ4n) is 4.79. The van der Waals surface area contributed by atoms with Crippen molar-refractivity contribution in [3.05, 3.63) is 107 Å². The molecular weight excluding hydrogens is 264 g/mol. The molecule has 0 aromatic heterocycles. The lowest BCUT2D eigenvalue weighted by molar-refractivity contribution is 0.390. The third-order valence-corrected chi connectivity index (χ3v) is 5.69. The minimum atomic E-state index is 0.390. The molecule has 3 unspecified atom stereocenters. The Bertz CT molecular complexity index is 842. The van der Waals surface area contributed by atoms with Gasteiger partial charge >= 0.3 is 0 Å². The summed E-state index contributed by atoms with van der Waals surface area (Å²) in [6, 6.07) is 0. The van der Waals surface area contributed by atoms with E-state index in [0.29, 0.717) is 17.8 Å². The highest BCUT2D eigenvalue weighted by Gasteiger charge is 2.46. The zero-order valence-corrected chi connectivity index (χ0v) is 12.5. The van der Waals surface area contributed by atoms with Crippen LogP contribution in [0.15, 0.2) is 107 Å². The second-order valence-electron chi connectivity index (χ2n) is 6.73. The van der Waals surface area contributed by atoms with Crippen molar-refractivity contribution in [2.24, 2.45) is 17.8 Å². The Morgan fingerprint density at radius 2 is 1.73 bits per heavy atom. The van der Waals surface area contributed by atoms with Crippen molar-refractivity contribution in [1.29, 1.82) is 0 Å². The maximum Gasteiger partial charge on any atom is 0.0170 e. The van der Waals surface area contributed by atoms with Gasteiger partial charge in [0, 0.05) is 17.8 Å². The molecule has 0 saturated carbocycles. The molecule has 0 radical (unpaired) electrons. The summed E-state index contributed by atoms with van der Waals surface area (Å²) in [5.74, 6) is 1.28. The average molecular weight is 282 g/mol. The van der Waals surface area contributed by atoms with Gasteiger partial charge in [0.05, 0.1) is 0 Å². The molecule has 0 aromatic carbocycles. The molecule has 0 heterocycles. The second-order valence-corrected chi connectivity index (χ2v) is 6.73. The van der Waals surface area contributed by atoms with Crippen molar-refractivity contribution >= 4 is 0 Å². The van der Waals surface area contributed by atoms with Gasteiger partial charge in [-0.15, -0.1) is 0 Å². The number of hydrogen-bond acceptors (Lipinski definition) is 0. The lowest BCUT2D eigenvalue weighted by Crippen LogP contribution is -2.38. The molecule has 3 atom stereocenters. The van der Waals surface area contributed by atoms with Crippen LogP contribution in [0.3, 0.4) is 0 Å². The molecule has 0 fully saturated rings. The first-order chi connectivity index (χ1) is 10.8. The van der Waals surface area contributed by atoms with E-state index >= 15 is 0 Å². The van der Waals surface area contributed by atoms with E-state index in [0.717, 1.165) is 6.42 Å². The Kier molecular flexibility index (Phi) is 2.28. The summed E-state index contributed by atoms with van der Waals surface area (Å²) in [5.41, 5.74) is 9.83. The number of allylic oxidation sites excluding steroid dienone is 16. The highest BCUT2D eigenvalue weighted by molar-refractivity contribution is 5.67.